The first-order valence-corrected chi connectivity index (χ1v) is 11.4. The highest BCUT2D eigenvalue weighted by Gasteiger charge is 2.35. The van der Waals surface area contributed by atoms with Crippen LogP contribution in [0.1, 0.15) is 17.5 Å². The van der Waals surface area contributed by atoms with Gasteiger partial charge in [0, 0.05) is 52.9 Å². The number of hydrogen-bond donors (Lipinski definition) is 4. The third-order valence-corrected chi connectivity index (χ3v) is 6.21. The van der Waals surface area contributed by atoms with Crippen molar-refractivity contribution in [3.63, 3.8) is 0 Å². The Labute approximate surface area is 209 Å². The number of hydrogen-bond acceptors (Lipinski definition) is 5. The van der Waals surface area contributed by atoms with Gasteiger partial charge in [-0.15, -0.1) is 0 Å². The monoisotopic (exact) mass is 501 g/mol. The number of para-hydroxylation sites is 2. The Morgan fingerprint density at radius 1 is 1.11 bits per heavy atom. The molecule has 0 spiro atoms. The molecule has 0 aliphatic carbocycles. The zero-order chi connectivity index (χ0) is 26.1. The first-order chi connectivity index (χ1) is 17.9. The molecule has 0 fully saturated rings. The van der Waals surface area contributed by atoms with Crippen molar-refractivity contribution in [1.29, 1.82) is 0 Å². The number of benzene rings is 2. The molecule has 4 aromatic rings. The Kier molecular flexibility index (Phi) is 6.05. The van der Waals surface area contributed by atoms with Crippen LogP contribution >= 0.6 is 0 Å². The first-order valence-electron chi connectivity index (χ1n) is 11.4. The predicted octanol–water partition coefficient (Wildman–Crippen LogP) is 2.18. The smallest absolute Gasteiger partial charge is 0.266 e. The fourth-order valence-corrected chi connectivity index (χ4v) is 4.70. The van der Waals surface area contributed by atoms with E-state index < -0.39 is 16.8 Å². The number of fused-ring (bicyclic) bond motifs is 2. The second-order valence-electron chi connectivity index (χ2n) is 8.38. The van der Waals surface area contributed by atoms with Crippen LogP contribution in [0.3, 0.4) is 0 Å². The zero-order valence-corrected chi connectivity index (χ0v) is 19.8. The summed E-state index contributed by atoms with van der Waals surface area (Å²) < 4.78 is 7.53. The van der Waals surface area contributed by atoms with E-state index in [1.54, 1.807) is 13.3 Å². The molecule has 188 valence electrons. The Bertz CT molecular complexity index is 1630. The molecule has 0 atom stereocenters. The molecule has 5 rings (SSSR count). The highest BCUT2D eigenvalue weighted by atomic mass is 16.7. The van der Waals surface area contributed by atoms with Crippen LogP contribution in [0.15, 0.2) is 60.0 Å². The van der Waals surface area contributed by atoms with Crippen LogP contribution < -0.4 is 21.1 Å². The van der Waals surface area contributed by atoms with E-state index in [4.69, 9.17) is 10.5 Å². The molecule has 0 bridgehead atoms. The zero-order valence-electron chi connectivity index (χ0n) is 19.8. The lowest BCUT2D eigenvalue weighted by Crippen LogP contribution is -2.33. The molecule has 5 N–H and O–H groups in total. The lowest BCUT2D eigenvalue weighted by atomic mass is 9.95. The van der Waals surface area contributed by atoms with Crippen molar-refractivity contribution in [2.45, 2.75) is 13.0 Å². The molecule has 1 aliphatic rings. The second kappa shape index (κ2) is 9.49. The number of imide groups is 1. The van der Waals surface area contributed by atoms with Crippen molar-refractivity contribution in [2.24, 2.45) is 10.8 Å². The van der Waals surface area contributed by atoms with Crippen LogP contribution in [0.25, 0.3) is 33.0 Å². The number of nitrogens with zero attached hydrogens (tertiary/aromatic N) is 3. The highest BCUT2D eigenvalue weighted by Crippen LogP contribution is 2.40. The summed E-state index contributed by atoms with van der Waals surface area (Å²) in [6, 6.07) is 13.1. The van der Waals surface area contributed by atoms with Gasteiger partial charge >= 0.3 is 0 Å². The van der Waals surface area contributed by atoms with E-state index in [0.717, 1.165) is 21.8 Å². The van der Waals surface area contributed by atoms with Crippen LogP contribution in [0, 0.1) is 10.1 Å². The SMILES string of the molecule is COc1cccc2c(C3=C(c4c[nH]c5ccccc45)C(=O)NC3=O)cn(CCCNC(N)=N[N+](=O)[O-])c12. The number of aromatic nitrogens is 2. The van der Waals surface area contributed by atoms with Crippen LogP contribution in [-0.2, 0) is 16.1 Å². The van der Waals surface area contributed by atoms with Gasteiger partial charge in [-0.25, -0.2) is 10.1 Å². The summed E-state index contributed by atoms with van der Waals surface area (Å²) in [6.07, 6.45) is 4.10. The van der Waals surface area contributed by atoms with Crippen molar-refractivity contribution in [3.8, 4) is 5.75 Å². The van der Waals surface area contributed by atoms with Gasteiger partial charge in [0.15, 0.2) is 5.03 Å². The van der Waals surface area contributed by atoms with Crippen molar-refractivity contribution in [3.05, 3.63) is 76.1 Å². The Morgan fingerprint density at radius 2 is 1.84 bits per heavy atom. The minimum Gasteiger partial charge on any atom is -0.495 e. The van der Waals surface area contributed by atoms with Crippen LogP contribution in [0.4, 0.5) is 0 Å². The maximum atomic E-state index is 13.1. The molecule has 3 heterocycles. The molecule has 0 saturated heterocycles. The van der Waals surface area contributed by atoms with Gasteiger partial charge in [-0.05, 0) is 18.6 Å². The molecule has 12 heteroatoms. The minimum absolute atomic E-state index is 0.282. The normalized spacial score (nSPS) is 14.0. The first kappa shape index (κ1) is 23.6. The largest absolute Gasteiger partial charge is 0.495 e. The lowest BCUT2D eigenvalue weighted by Gasteiger charge is -2.09. The number of H-pyrrole nitrogens is 1. The van der Waals surface area contributed by atoms with Crippen molar-refractivity contribution in [1.82, 2.24) is 20.2 Å². The number of aryl methyl sites for hydroxylation is 1. The number of amides is 2. The van der Waals surface area contributed by atoms with E-state index in [1.807, 2.05) is 53.2 Å². The van der Waals surface area contributed by atoms with E-state index in [9.17, 15) is 19.7 Å². The second-order valence-corrected chi connectivity index (χ2v) is 8.38. The van der Waals surface area contributed by atoms with Crippen molar-refractivity contribution in [2.75, 3.05) is 13.7 Å². The van der Waals surface area contributed by atoms with Gasteiger partial charge in [0.2, 0.25) is 0 Å². The van der Waals surface area contributed by atoms with Crippen LogP contribution in [-0.4, -0.2) is 46.0 Å². The van der Waals surface area contributed by atoms with E-state index >= 15 is 0 Å². The number of nitro groups is 1. The number of aromatic amines is 1. The average molecular weight is 502 g/mol. The number of hydrazone groups is 1. The number of nitrogens with one attached hydrogen (secondary N) is 3. The molecule has 0 saturated carbocycles. The number of carbonyl (C=O) groups excluding carboxylic acids is 2. The highest BCUT2D eigenvalue weighted by molar-refractivity contribution is 6.50. The number of rotatable bonds is 8. The lowest BCUT2D eigenvalue weighted by molar-refractivity contribution is -0.485. The molecule has 1 aliphatic heterocycles. The van der Waals surface area contributed by atoms with Gasteiger partial charge in [-0.3, -0.25) is 14.9 Å². The van der Waals surface area contributed by atoms with E-state index in [1.165, 1.54) is 0 Å². The summed E-state index contributed by atoms with van der Waals surface area (Å²) in [5.74, 6) is -0.615. The van der Waals surface area contributed by atoms with Gasteiger partial charge in [0.25, 0.3) is 17.8 Å². The van der Waals surface area contributed by atoms with Gasteiger partial charge in [-0.1, -0.05) is 30.3 Å². The van der Waals surface area contributed by atoms with Crippen LogP contribution in [0.5, 0.6) is 5.75 Å². The van der Waals surface area contributed by atoms with Gasteiger partial charge in [-0.2, -0.15) is 0 Å². The molecular weight excluding hydrogens is 478 g/mol. The molecule has 12 nitrogen and oxygen atoms in total. The minimum atomic E-state index is -0.869. The van der Waals surface area contributed by atoms with Crippen molar-refractivity contribution >= 4 is 50.7 Å². The van der Waals surface area contributed by atoms with Gasteiger partial charge < -0.3 is 25.3 Å². The summed E-state index contributed by atoms with van der Waals surface area (Å²) >= 11 is 0. The average Bonchev–Trinajstić information content (AvgIpc) is 3.54. The molecule has 2 amide bonds. The third kappa shape index (κ3) is 4.24. The number of ether oxygens (including phenoxy) is 1. The van der Waals surface area contributed by atoms with Crippen molar-refractivity contribution < 1.29 is 19.4 Å². The number of carbonyl (C=O) groups is 2. The molecule has 37 heavy (non-hydrogen) atoms. The van der Waals surface area contributed by atoms with E-state index in [2.05, 4.69) is 20.7 Å². The summed E-state index contributed by atoms with van der Waals surface area (Å²) in [4.78, 5) is 39.8. The quantitative estimate of drug-likeness (QED) is 0.0716. The fraction of sp³-hybridized carbons (Fsp3) is 0.160. The van der Waals surface area contributed by atoms with E-state index in [0.29, 0.717) is 42.0 Å². The maximum Gasteiger partial charge on any atom is 0.266 e. The molecule has 2 aromatic heterocycles. The van der Waals surface area contributed by atoms with Crippen LogP contribution in [0.2, 0.25) is 0 Å². The number of methoxy groups -OCH3 is 1. The number of nitrogens with two attached hydrogens (primary N) is 1. The third-order valence-electron chi connectivity index (χ3n) is 6.21. The number of guanidine groups is 1. The molecule has 0 unspecified atom stereocenters. The maximum absolute atomic E-state index is 13.1. The summed E-state index contributed by atoms with van der Waals surface area (Å²) in [5, 5.41) is 19.3. The Hall–Kier alpha value is -5.13. The Balaban J connectivity index is 1.60. The summed E-state index contributed by atoms with van der Waals surface area (Å²) in [5.41, 5.74) is 8.92. The summed E-state index contributed by atoms with van der Waals surface area (Å²) in [7, 11) is 1.56. The molecular formula is C25H23N7O5. The predicted molar refractivity (Wildman–Crippen MR) is 138 cm³/mol. The van der Waals surface area contributed by atoms with E-state index in [-0.39, 0.29) is 11.5 Å². The molecule has 0 radical (unpaired) electrons. The van der Waals surface area contributed by atoms with Gasteiger partial charge in [0.1, 0.15) is 10.9 Å². The fourth-order valence-electron chi connectivity index (χ4n) is 4.70. The topological polar surface area (TPSA) is 170 Å². The standard InChI is InChI=1S/C25H23N7O5/c1-37-19-9-4-7-15-17(13-31(22(15)19)11-5-10-27-25(26)30-32(35)36)21-20(23(33)29-24(21)34)16-12-28-18-8-3-2-6-14(16)18/h2-4,6-9,12-13,28H,5,10-11H2,1H3,(H3,26,27,30)(H,29,33,34). The van der Waals surface area contributed by atoms with Gasteiger partial charge in [0.05, 0.1) is 23.8 Å². The summed E-state index contributed by atoms with van der Waals surface area (Å²) in [6.45, 7) is 0.802. The molecule has 2 aromatic carbocycles. The Morgan fingerprint density at radius 3 is 2.59 bits per heavy atom.